The lowest BCUT2D eigenvalue weighted by Gasteiger charge is -2.14. The van der Waals surface area contributed by atoms with E-state index in [1.807, 2.05) is 18.2 Å². The van der Waals surface area contributed by atoms with Gasteiger partial charge in [0.05, 0.1) is 6.54 Å². The summed E-state index contributed by atoms with van der Waals surface area (Å²) in [4.78, 5) is 23.2. The Labute approximate surface area is 142 Å². The van der Waals surface area contributed by atoms with E-state index in [4.69, 9.17) is 0 Å². The van der Waals surface area contributed by atoms with Crippen molar-refractivity contribution in [3.8, 4) is 0 Å². The van der Waals surface area contributed by atoms with Crippen molar-refractivity contribution in [2.24, 2.45) is 0 Å². The average Bonchev–Trinajstić information content (AvgIpc) is 2.53. The molecule has 0 aliphatic heterocycles. The Morgan fingerprint density at radius 3 is 2.29 bits per heavy atom. The van der Waals surface area contributed by atoms with Crippen LogP contribution in [0.2, 0.25) is 0 Å². The van der Waals surface area contributed by atoms with Crippen molar-refractivity contribution >= 4 is 28.9 Å². The van der Waals surface area contributed by atoms with Gasteiger partial charge in [-0.1, -0.05) is 38.1 Å². The van der Waals surface area contributed by atoms with E-state index >= 15 is 0 Å². The fourth-order valence-electron chi connectivity index (χ4n) is 2.42. The molecule has 0 aliphatic rings. The Balaban J connectivity index is 1.96. The Kier molecular flexibility index (Phi) is 5.95. The number of carbonyl (C=O) groups excluding carboxylic acids is 2. The first-order valence-corrected chi connectivity index (χ1v) is 7.96. The van der Waals surface area contributed by atoms with Gasteiger partial charge in [-0.05, 0) is 35.7 Å². The van der Waals surface area contributed by atoms with Gasteiger partial charge in [0.1, 0.15) is 0 Å². The van der Waals surface area contributed by atoms with E-state index in [-0.39, 0.29) is 18.4 Å². The molecule has 5 heteroatoms. The summed E-state index contributed by atoms with van der Waals surface area (Å²) in [7, 11) is 0. The fourth-order valence-corrected chi connectivity index (χ4v) is 2.42. The van der Waals surface area contributed by atoms with E-state index in [9.17, 15) is 9.59 Å². The zero-order valence-electron chi connectivity index (χ0n) is 14.2. The number of hydrogen-bond donors (Lipinski definition) is 3. The van der Waals surface area contributed by atoms with Crippen molar-refractivity contribution < 1.29 is 9.59 Å². The summed E-state index contributed by atoms with van der Waals surface area (Å²) in [5, 5.41) is 8.69. The predicted molar refractivity (Wildman–Crippen MR) is 98.4 cm³/mol. The Hall–Kier alpha value is -2.82. The molecule has 0 aromatic heterocycles. The summed E-state index contributed by atoms with van der Waals surface area (Å²) in [5.41, 5.74) is 3.44. The summed E-state index contributed by atoms with van der Waals surface area (Å²) in [6.45, 7) is 5.86. The summed E-state index contributed by atoms with van der Waals surface area (Å²) >= 11 is 0. The second-order valence-corrected chi connectivity index (χ2v) is 5.91. The van der Waals surface area contributed by atoms with E-state index in [0.29, 0.717) is 17.3 Å². The maximum atomic E-state index is 12.1. The largest absolute Gasteiger partial charge is 0.376 e. The first kappa shape index (κ1) is 17.5. The molecule has 0 atom stereocenters. The number of amides is 2. The van der Waals surface area contributed by atoms with E-state index in [1.54, 1.807) is 24.3 Å². The van der Waals surface area contributed by atoms with Crippen LogP contribution in [0.15, 0.2) is 48.5 Å². The van der Waals surface area contributed by atoms with Crippen LogP contribution in [-0.2, 0) is 9.59 Å². The number of para-hydroxylation sites is 1. The van der Waals surface area contributed by atoms with Crippen molar-refractivity contribution in [1.29, 1.82) is 0 Å². The summed E-state index contributed by atoms with van der Waals surface area (Å²) in [6, 6.07) is 15.0. The molecule has 0 bridgehead atoms. The van der Waals surface area contributed by atoms with Crippen LogP contribution in [0.1, 0.15) is 32.3 Å². The van der Waals surface area contributed by atoms with Crippen molar-refractivity contribution in [2.45, 2.75) is 26.7 Å². The van der Waals surface area contributed by atoms with E-state index in [1.165, 1.54) is 12.5 Å². The molecule has 0 radical (unpaired) electrons. The molecule has 2 rings (SSSR count). The zero-order valence-corrected chi connectivity index (χ0v) is 14.2. The molecule has 5 nitrogen and oxygen atoms in total. The first-order valence-electron chi connectivity index (χ1n) is 7.96. The van der Waals surface area contributed by atoms with E-state index in [0.717, 1.165) is 5.69 Å². The first-order chi connectivity index (χ1) is 11.5. The van der Waals surface area contributed by atoms with Gasteiger partial charge in [0, 0.05) is 24.0 Å². The lowest BCUT2D eigenvalue weighted by Crippen LogP contribution is -2.22. The number of carbonyl (C=O) groups is 2. The van der Waals surface area contributed by atoms with Gasteiger partial charge in [-0.2, -0.15) is 0 Å². The number of rotatable bonds is 6. The molecule has 0 saturated heterocycles. The highest BCUT2D eigenvalue weighted by Gasteiger charge is 2.08. The van der Waals surface area contributed by atoms with Crippen LogP contribution in [0.4, 0.5) is 17.1 Å². The second-order valence-electron chi connectivity index (χ2n) is 5.91. The monoisotopic (exact) mass is 325 g/mol. The minimum Gasteiger partial charge on any atom is -0.376 e. The smallest absolute Gasteiger partial charge is 0.243 e. The minimum atomic E-state index is -0.148. The highest BCUT2D eigenvalue weighted by molar-refractivity contribution is 5.95. The van der Waals surface area contributed by atoms with Crippen LogP contribution >= 0.6 is 0 Å². The molecule has 2 aromatic carbocycles. The van der Waals surface area contributed by atoms with Crippen LogP contribution in [0, 0.1) is 0 Å². The summed E-state index contributed by atoms with van der Waals surface area (Å²) < 4.78 is 0. The minimum absolute atomic E-state index is 0.145. The third kappa shape index (κ3) is 5.12. The quantitative estimate of drug-likeness (QED) is 0.756. The van der Waals surface area contributed by atoms with Crippen molar-refractivity contribution in [3.63, 3.8) is 0 Å². The normalized spacial score (nSPS) is 10.3. The van der Waals surface area contributed by atoms with Crippen molar-refractivity contribution in [2.75, 3.05) is 22.5 Å². The highest BCUT2D eigenvalue weighted by Crippen LogP contribution is 2.23. The molecule has 0 heterocycles. The molecular weight excluding hydrogens is 302 g/mol. The van der Waals surface area contributed by atoms with Crippen LogP contribution in [0.25, 0.3) is 0 Å². The molecule has 126 valence electrons. The molecule has 0 aliphatic carbocycles. The number of hydrogen-bond acceptors (Lipinski definition) is 3. The summed E-state index contributed by atoms with van der Waals surface area (Å²) in [5.74, 6) is 0.0880. The third-order valence-electron chi connectivity index (χ3n) is 3.49. The standard InChI is InChI=1S/C19H23N3O2/c1-13(2)17-9-4-5-10-18(17)20-12-19(24)22-16-8-6-7-15(11-16)21-14(3)23/h4-11,13,20H,12H2,1-3H3,(H,21,23)(H,22,24). The van der Waals surface area contributed by atoms with Crippen molar-refractivity contribution in [1.82, 2.24) is 0 Å². The lowest BCUT2D eigenvalue weighted by atomic mass is 10.0. The van der Waals surface area contributed by atoms with Crippen LogP contribution in [0.3, 0.4) is 0 Å². The zero-order chi connectivity index (χ0) is 17.5. The Morgan fingerprint density at radius 1 is 0.958 bits per heavy atom. The topological polar surface area (TPSA) is 70.2 Å². The molecule has 0 saturated carbocycles. The maximum Gasteiger partial charge on any atom is 0.243 e. The molecule has 0 fully saturated rings. The van der Waals surface area contributed by atoms with E-state index in [2.05, 4.69) is 35.9 Å². The Morgan fingerprint density at radius 2 is 1.62 bits per heavy atom. The second kappa shape index (κ2) is 8.15. The van der Waals surface area contributed by atoms with Crippen LogP contribution < -0.4 is 16.0 Å². The number of benzene rings is 2. The highest BCUT2D eigenvalue weighted by atomic mass is 16.2. The lowest BCUT2D eigenvalue weighted by molar-refractivity contribution is -0.115. The molecule has 2 aromatic rings. The number of nitrogens with one attached hydrogen (secondary N) is 3. The average molecular weight is 325 g/mol. The predicted octanol–water partition coefficient (Wildman–Crippen LogP) is 3.82. The molecule has 24 heavy (non-hydrogen) atoms. The van der Waals surface area contributed by atoms with Crippen molar-refractivity contribution in [3.05, 3.63) is 54.1 Å². The molecule has 2 amide bonds. The fraction of sp³-hybridized carbons (Fsp3) is 0.263. The molecule has 3 N–H and O–H groups in total. The van der Waals surface area contributed by atoms with E-state index < -0.39 is 0 Å². The SMILES string of the molecule is CC(=O)Nc1cccc(NC(=O)CNc2ccccc2C(C)C)c1. The van der Waals surface area contributed by atoms with Crippen LogP contribution in [0.5, 0.6) is 0 Å². The maximum absolute atomic E-state index is 12.1. The van der Waals surface area contributed by atoms with Gasteiger partial charge in [-0.25, -0.2) is 0 Å². The molecule has 0 spiro atoms. The van der Waals surface area contributed by atoms with Gasteiger partial charge in [0.2, 0.25) is 11.8 Å². The van der Waals surface area contributed by atoms with Crippen LogP contribution in [-0.4, -0.2) is 18.4 Å². The van der Waals surface area contributed by atoms with Gasteiger partial charge < -0.3 is 16.0 Å². The van der Waals surface area contributed by atoms with Gasteiger partial charge in [-0.15, -0.1) is 0 Å². The third-order valence-corrected chi connectivity index (χ3v) is 3.49. The van der Waals surface area contributed by atoms with Gasteiger partial charge in [0.25, 0.3) is 0 Å². The summed E-state index contributed by atoms with van der Waals surface area (Å²) in [6.07, 6.45) is 0. The number of anilines is 3. The van der Waals surface area contributed by atoms with Gasteiger partial charge in [-0.3, -0.25) is 9.59 Å². The van der Waals surface area contributed by atoms with Gasteiger partial charge >= 0.3 is 0 Å². The molecule has 0 unspecified atom stereocenters. The molecular formula is C19H23N3O2. The van der Waals surface area contributed by atoms with Gasteiger partial charge in [0.15, 0.2) is 0 Å². The Bertz CT molecular complexity index is 726.